The number of thioether (sulfide) groups is 1. The zero-order valence-corrected chi connectivity index (χ0v) is 14.4. The minimum atomic E-state index is -2.97. The number of sulfone groups is 1. The van der Waals surface area contributed by atoms with E-state index in [-0.39, 0.29) is 29.2 Å². The first-order chi connectivity index (χ1) is 11.0. The summed E-state index contributed by atoms with van der Waals surface area (Å²) in [5.74, 6) is 1.99. The first-order valence-corrected chi connectivity index (χ1v) is 10.9. The Labute approximate surface area is 139 Å². The summed E-state index contributed by atoms with van der Waals surface area (Å²) in [5, 5.41) is 12.2. The van der Waals surface area contributed by atoms with Crippen LogP contribution in [-0.2, 0) is 14.6 Å². The highest BCUT2D eigenvalue weighted by molar-refractivity contribution is 7.99. The third kappa shape index (κ3) is 3.55. The van der Waals surface area contributed by atoms with E-state index >= 15 is 0 Å². The van der Waals surface area contributed by atoms with E-state index in [0.717, 1.165) is 23.8 Å². The fourth-order valence-electron chi connectivity index (χ4n) is 2.99. The fourth-order valence-corrected chi connectivity index (χ4v) is 5.49. The second-order valence-electron chi connectivity index (χ2n) is 6.67. The Morgan fingerprint density at radius 1 is 1.22 bits per heavy atom. The van der Waals surface area contributed by atoms with Crippen LogP contribution in [0.1, 0.15) is 49.9 Å². The van der Waals surface area contributed by atoms with E-state index in [9.17, 15) is 13.2 Å². The topological polar surface area (TPSA) is 93.9 Å². The summed E-state index contributed by atoms with van der Waals surface area (Å²) in [7, 11) is -2.97. The van der Waals surface area contributed by atoms with E-state index in [4.69, 9.17) is 0 Å². The van der Waals surface area contributed by atoms with Gasteiger partial charge in [-0.2, -0.15) is 0 Å². The largest absolute Gasteiger partial charge is 0.352 e. The maximum atomic E-state index is 12.0. The Morgan fingerprint density at radius 2 is 2.00 bits per heavy atom. The van der Waals surface area contributed by atoms with Gasteiger partial charge >= 0.3 is 0 Å². The Kier molecular flexibility index (Phi) is 3.87. The maximum Gasteiger partial charge on any atom is 0.230 e. The van der Waals surface area contributed by atoms with E-state index in [1.54, 1.807) is 0 Å². The predicted molar refractivity (Wildman–Crippen MR) is 86.2 cm³/mol. The number of nitrogens with one attached hydrogen (secondary N) is 1. The highest BCUT2D eigenvalue weighted by Gasteiger charge is 2.36. The highest BCUT2D eigenvalue weighted by Crippen LogP contribution is 2.45. The lowest BCUT2D eigenvalue weighted by Crippen LogP contribution is -2.36. The molecule has 0 spiro atoms. The average Bonchev–Trinajstić information content (AvgIpc) is 3.41. The molecule has 126 valence electrons. The summed E-state index contributed by atoms with van der Waals surface area (Å²) in [6, 6.07) is 0.266. The van der Waals surface area contributed by atoms with Crippen molar-refractivity contribution in [1.82, 2.24) is 20.1 Å². The molecule has 9 heteroatoms. The Bertz CT molecular complexity index is 722. The van der Waals surface area contributed by atoms with Gasteiger partial charge in [0.1, 0.15) is 5.82 Å². The molecule has 23 heavy (non-hydrogen) atoms. The molecule has 1 amide bonds. The number of nitrogens with zero attached hydrogens (tertiary/aromatic N) is 3. The van der Waals surface area contributed by atoms with Crippen LogP contribution in [0.4, 0.5) is 0 Å². The summed E-state index contributed by atoms with van der Waals surface area (Å²) in [6.07, 6.45) is 5.22. The van der Waals surface area contributed by atoms with Crippen LogP contribution < -0.4 is 5.32 Å². The summed E-state index contributed by atoms with van der Waals surface area (Å²) >= 11 is 1.40. The monoisotopic (exact) mass is 356 g/mol. The number of hydrogen-bond acceptors (Lipinski definition) is 6. The Balaban J connectivity index is 1.35. The molecule has 2 heterocycles. The lowest BCUT2D eigenvalue weighted by atomic mass is 10.3. The second kappa shape index (κ2) is 5.77. The van der Waals surface area contributed by atoms with Gasteiger partial charge in [-0.15, -0.1) is 10.2 Å². The summed E-state index contributed by atoms with van der Waals surface area (Å²) in [4.78, 5) is 12.0. The molecule has 3 fully saturated rings. The number of carbonyl (C=O) groups is 1. The molecule has 2 saturated carbocycles. The SMILES string of the molecule is O=C(CSc1nnc(C2CC2)n1C1CC1)NC1CCS(=O)(=O)C1. The molecule has 1 aliphatic heterocycles. The smallest absolute Gasteiger partial charge is 0.230 e. The van der Waals surface area contributed by atoms with Crippen LogP contribution in [0.25, 0.3) is 0 Å². The highest BCUT2D eigenvalue weighted by atomic mass is 32.2. The third-order valence-electron chi connectivity index (χ3n) is 4.48. The molecule has 1 aromatic heterocycles. The lowest BCUT2D eigenvalue weighted by Gasteiger charge is -2.11. The maximum absolute atomic E-state index is 12.0. The molecule has 4 rings (SSSR count). The van der Waals surface area contributed by atoms with Gasteiger partial charge in [0, 0.05) is 18.0 Å². The zero-order valence-electron chi connectivity index (χ0n) is 12.8. The van der Waals surface area contributed by atoms with Crippen molar-refractivity contribution in [2.75, 3.05) is 17.3 Å². The molecule has 1 N–H and O–H groups in total. The van der Waals surface area contributed by atoms with E-state index in [0.29, 0.717) is 18.4 Å². The standard InChI is InChI=1S/C14H20N4O3S2/c19-12(15-10-5-6-23(20,21)8-10)7-22-14-17-16-13(9-1-2-9)18(14)11-3-4-11/h9-11H,1-8H2,(H,15,19). The van der Waals surface area contributed by atoms with Gasteiger partial charge in [-0.3, -0.25) is 4.79 Å². The molecular formula is C14H20N4O3S2. The molecule has 2 aliphatic carbocycles. The van der Waals surface area contributed by atoms with Crippen LogP contribution in [0.5, 0.6) is 0 Å². The summed E-state index contributed by atoms with van der Waals surface area (Å²) in [5.41, 5.74) is 0. The first-order valence-electron chi connectivity index (χ1n) is 8.09. The van der Waals surface area contributed by atoms with Crippen molar-refractivity contribution in [3.63, 3.8) is 0 Å². The molecule has 3 aliphatic rings. The molecular weight excluding hydrogens is 336 g/mol. The van der Waals surface area contributed by atoms with Crippen LogP contribution in [0.15, 0.2) is 5.16 Å². The molecule has 1 atom stereocenters. The zero-order chi connectivity index (χ0) is 16.0. The normalized spacial score (nSPS) is 26.3. The molecule has 0 bridgehead atoms. The Morgan fingerprint density at radius 3 is 2.61 bits per heavy atom. The van der Waals surface area contributed by atoms with Gasteiger partial charge in [0.25, 0.3) is 0 Å². The average molecular weight is 356 g/mol. The predicted octanol–water partition coefficient (Wildman–Crippen LogP) is 0.886. The van der Waals surface area contributed by atoms with Gasteiger partial charge in [0.05, 0.1) is 17.3 Å². The van der Waals surface area contributed by atoms with Crippen molar-refractivity contribution < 1.29 is 13.2 Å². The van der Waals surface area contributed by atoms with Crippen LogP contribution >= 0.6 is 11.8 Å². The number of rotatable bonds is 6. The first kappa shape index (κ1) is 15.4. The number of hydrogen-bond donors (Lipinski definition) is 1. The van der Waals surface area contributed by atoms with Gasteiger partial charge in [0.15, 0.2) is 15.0 Å². The minimum Gasteiger partial charge on any atom is -0.352 e. The van der Waals surface area contributed by atoms with E-state index in [1.807, 2.05) is 0 Å². The molecule has 1 aromatic rings. The number of amides is 1. The van der Waals surface area contributed by atoms with Crippen molar-refractivity contribution >= 4 is 27.5 Å². The van der Waals surface area contributed by atoms with Crippen LogP contribution in [0, 0.1) is 0 Å². The van der Waals surface area contributed by atoms with E-state index in [2.05, 4.69) is 20.1 Å². The van der Waals surface area contributed by atoms with Crippen molar-refractivity contribution in [1.29, 1.82) is 0 Å². The van der Waals surface area contributed by atoms with Crippen LogP contribution in [0.2, 0.25) is 0 Å². The van der Waals surface area contributed by atoms with Gasteiger partial charge in [-0.1, -0.05) is 11.8 Å². The summed E-state index contributed by atoms with van der Waals surface area (Å²) in [6.45, 7) is 0. The second-order valence-corrected chi connectivity index (χ2v) is 9.84. The van der Waals surface area contributed by atoms with E-state index in [1.165, 1.54) is 24.6 Å². The molecule has 0 radical (unpaired) electrons. The quantitative estimate of drug-likeness (QED) is 0.761. The lowest BCUT2D eigenvalue weighted by molar-refractivity contribution is -0.119. The number of carbonyl (C=O) groups excluding carboxylic acids is 1. The van der Waals surface area contributed by atoms with Gasteiger partial charge in [-0.05, 0) is 32.1 Å². The van der Waals surface area contributed by atoms with Gasteiger partial charge in [-0.25, -0.2) is 8.42 Å². The van der Waals surface area contributed by atoms with Crippen LogP contribution in [0.3, 0.4) is 0 Å². The van der Waals surface area contributed by atoms with Crippen LogP contribution in [-0.4, -0.2) is 52.4 Å². The van der Waals surface area contributed by atoms with Crippen molar-refractivity contribution in [3.8, 4) is 0 Å². The molecule has 0 aromatic carbocycles. The fraction of sp³-hybridized carbons (Fsp3) is 0.786. The van der Waals surface area contributed by atoms with Gasteiger partial charge in [0.2, 0.25) is 5.91 Å². The summed E-state index contributed by atoms with van der Waals surface area (Å²) < 4.78 is 25.1. The molecule has 1 saturated heterocycles. The van der Waals surface area contributed by atoms with Crippen molar-refractivity contribution in [2.24, 2.45) is 0 Å². The van der Waals surface area contributed by atoms with Gasteiger partial charge < -0.3 is 9.88 Å². The minimum absolute atomic E-state index is 0.0630. The molecule has 1 unspecified atom stereocenters. The third-order valence-corrected chi connectivity index (χ3v) is 7.19. The van der Waals surface area contributed by atoms with Crippen molar-refractivity contribution in [3.05, 3.63) is 5.82 Å². The van der Waals surface area contributed by atoms with E-state index < -0.39 is 9.84 Å². The Hall–Kier alpha value is -1.09. The number of aromatic nitrogens is 3. The van der Waals surface area contributed by atoms with Crippen molar-refractivity contribution in [2.45, 2.75) is 55.3 Å². The molecule has 7 nitrogen and oxygen atoms in total.